The van der Waals surface area contributed by atoms with Gasteiger partial charge in [0.05, 0.1) is 5.25 Å². The molecule has 0 radical (unpaired) electrons. The lowest BCUT2D eigenvalue weighted by Crippen LogP contribution is -2.15. The van der Waals surface area contributed by atoms with Crippen LogP contribution in [0.4, 0.5) is 0 Å². The van der Waals surface area contributed by atoms with Gasteiger partial charge in [0.25, 0.3) is 0 Å². The van der Waals surface area contributed by atoms with Crippen LogP contribution in [0.5, 0.6) is 0 Å². The van der Waals surface area contributed by atoms with Crippen LogP contribution in [0.3, 0.4) is 0 Å². The first-order valence-electron chi connectivity index (χ1n) is 5.60. The summed E-state index contributed by atoms with van der Waals surface area (Å²) in [6.07, 6.45) is 0. The Hall–Kier alpha value is -1.29. The summed E-state index contributed by atoms with van der Waals surface area (Å²) in [7, 11) is -3.11. The molecule has 4 heteroatoms. The van der Waals surface area contributed by atoms with E-state index in [1.807, 2.05) is 31.2 Å². The van der Waals surface area contributed by atoms with E-state index in [9.17, 15) is 8.42 Å². The zero-order chi connectivity index (χ0) is 12.6. The summed E-state index contributed by atoms with van der Waals surface area (Å²) in [4.78, 5) is 0. The third kappa shape index (κ3) is 2.36. The summed E-state index contributed by atoms with van der Waals surface area (Å²) in [5.41, 5.74) is 1.85. The molecule has 2 aromatic rings. The van der Waals surface area contributed by atoms with Gasteiger partial charge in [-0.25, -0.2) is 8.42 Å². The average Bonchev–Trinajstić information content (AvgIpc) is 2.60. The Balaban J connectivity index is 2.42. The van der Waals surface area contributed by atoms with Crippen molar-refractivity contribution < 1.29 is 12.8 Å². The van der Waals surface area contributed by atoms with Crippen molar-refractivity contribution in [2.45, 2.75) is 31.8 Å². The summed E-state index contributed by atoms with van der Waals surface area (Å²) >= 11 is 0. The fourth-order valence-corrected chi connectivity index (χ4v) is 2.57. The first-order valence-corrected chi connectivity index (χ1v) is 7.31. The Kier molecular flexibility index (Phi) is 3.00. The molecule has 3 nitrogen and oxygen atoms in total. The molecule has 0 atom stereocenters. The third-order valence-electron chi connectivity index (χ3n) is 2.89. The standard InChI is InChI=1S/C13H16O3S/c1-9(2)17(14,15)8-11-7-12-10(3)5-4-6-13(12)16-11/h4-7,9H,8H2,1-3H3. The summed E-state index contributed by atoms with van der Waals surface area (Å²) in [5.74, 6) is 0.488. The molecular weight excluding hydrogens is 236 g/mol. The summed E-state index contributed by atoms with van der Waals surface area (Å²) in [6, 6.07) is 7.57. The predicted molar refractivity (Wildman–Crippen MR) is 68.7 cm³/mol. The fraction of sp³-hybridized carbons (Fsp3) is 0.385. The van der Waals surface area contributed by atoms with E-state index in [2.05, 4.69) is 0 Å². The molecular formula is C13H16O3S. The van der Waals surface area contributed by atoms with Gasteiger partial charge in [0.2, 0.25) is 0 Å². The molecule has 0 saturated carbocycles. The van der Waals surface area contributed by atoms with Crippen LogP contribution in [0, 0.1) is 6.92 Å². The van der Waals surface area contributed by atoms with Crippen LogP contribution in [0.15, 0.2) is 28.7 Å². The molecule has 0 spiro atoms. The fourth-order valence-electron chi connectivity index (χ4n) is 1.70. The lowest BCUT2D eigenvalue weighted by atomic mass is 10.1. The highest BCUT2D eigenvalue weighted by Crippen LogP contribution is 2.24. The van der Waals surface area contributed by atoms with Crippen molar-refractivity contribution in [2.24, 2.45) is 0 Å². The maximum absolute atomic E-state index is 11.8. The highest BCUT2D eigenvalue weighted by molar-refractivity contribution is 7.91. The minimum atomic E-state index is -3.11. The summed E-state index contributed by atoms with van der Waals surface area (Å²) < 4.78 is 29.2. The van der Waals surface area contributed by atoms with Crippen molar-refractivity contribution in [3.05, 3.63) is 35.6 Å². The normalized spacial score (nSPS) is 12.5. The average molecular weight is 252 g/mol. The van der Waals surface area contributed by atoms with Crippen molar-refractivity contribution >= 4 is 20.8 Å². The SMILES string of the molecule is Cc1cccc2oc(CS(=O)(=O)C(C)C)cc12. The molecule has 0 N–H and O–H groups in total. The number of aryl methyl sites for hydroxylation is 1. The number of furan rings is 1. The van der Waals surface area contributed by atoms with Crippen LogP contribution in [-0.2, 0) is 15.6 Å². The first kappa shape index (κ1) is 12.2. The Bertz CT molecular complexity index is 636. The van der Waals surface area contributed by atoms with Gasteiger partial charge in [-0.15, -0.1) is 0 Å². The zero-order valence-electron chi connectivity index (χ0n) is 10.2. The molecule has 0 bridgehead atoms. The number of sulfone groups is 1. The summed E-state index contributed by atoms with van der Waals surface area (Å²) in [6.45, 7) is 5.35. The van der Waals surface area contributed by atoms with E-state index in [0.717, 1.165) is 16.5 Å². The van der Waals surface area contributed by atoms with Crippen LogP contribution in [0.2, 0.25) is 0 Å². The van der Waals surface area contributed by atoms with E-state index in [1.54, 1.807) is 13.8 Å². The van der Waals surface area contributed by atoms with E-state index in [4.69, 9.17) is 4.42 Å². The van der Waals surface area contributed by atoms with Crippen LogP contribution in [0.25, 0.3) is 11.0 Å². The maximum atomic E-state index is 11.8. The molecule has 0 fully saturated rings. The quantitative estimate of drug-likeness (QED) is 0.843. The Morgan fingerprint density at radius 2 is 2.00 bits per heavy atom. The second-order valence-corrected chi connectivity index (χ2v) is 7.11. The minimum absolute atomic E-state index is 0.0290. The molecule has 0 unspecified atom stereocenters. The molecule has 2 rings (SSSR count). The highest BCUT2D eigenvalue weighted by Gasteiger charge is 2.19. The maximum Gasteiger partial charge on any atom is 0.159 e. The largest absolute Gasteiger partial charge is 0.460 e. The van der Waals surface area contributed by atoms with E-state index < -0.39 is 9.84 Å². The van der Waals surface area contributed by atoms with Crippen LogP contribution in [-0.4, -0.2) is 13.7 Å². The molecule has 1 heterocycles. The number of hydrogen-bond acceptors (Lipinski definition) is 3. The van der Waals surface area contributed by atoms with Gasteiger partial charge < -0.3 is 4.42 Å². The Morgan fingerprint density at radius 3 is 2.59 bits per heavy atom. The number of hydrogen-bond donors (Lipinski definition) is 0. The Labute approximate surface area is 101 Å². The zero-order valence-corrected chi connectivity index (χ0v) is 11.0. The third-order valence-corrected chi connectivity index (χ3v) is 5.02. The van der Waals surface area contributed by atoms with Gasteiger partial charge in [-0.1, -0.05) is 12.1 Å². The number of rotatable bonds is 3. The van der Waals surface area contributed by atoms with Crippen molar-refractivity contribution in [3.8, 4) is 0 Å². The van der Waals surface area contributed by atoms with Crippen molar-refractivity contribution in [1.82, 2.24) is 0 Å². The van der Waals surface area contributed by atoms with E-state index in [1.165, 1.54) is 0 Å². The molecule has 0 aliphatic carbocycles. The van der Waals surface area contributed by atoms with Gasteiger partial charge in [0.1, 0.15) is 17.1 Å². The predicted octanol–water partition coefficient (Wildman–Crippen LogP) is 3.06. The van der Waals surface area contributed by atoms with Gasteiger partial charge in [-0.3, -0.25) is 0 Å². The van der Waals surface area contributed by atoms with Crippen molar-refractivity contribution in [2.75, 3.05) is 0 Å². The molecule has 1 aromatic carbocycles. The second-order valence-electron chi connectivity index (χ2n) is 4.56. The number of benzene rings is 1. The van der Waals surface area contributed by atoms with Gasteiger partial charge in [-0.05, 0) is 38.5 Å². The van der Waals surface area contributed by atoms with Crippen molar-refractivity contribution in [1.29, 1.82) is 0 Å². The van der Waals surface area contributed by atoms with Gasteiger partial charge >= 0.3 is 0 Å². The first-order chi connectivity index (χ1) is 7.90. The van der Waals surface area contributed by atoms with Crippen molar-refractivity contribution in [3.63, 3.8) is 0 Å². The molecule has 1 aromatic heterocycles. The Morgan fingerprint density at radius 1 is 1.29 bits per heavy atom. The molecule has 0 aliphatic heterocycles. The lowest BCUT2D eigenvalue weighted by molar-refractivity contribution is 0.550. The monoisotopic (exact) mass is 252 g/mol. The molecule has 0 amide bonds. The van der Waals surface area contributed by atoms with Crippen LogP contribution >= 0.6 is 0 Å². The molecule has 0 saturated heterocycles. The lowest BCUT2D eigenvalue weighted by Gasteiger charge is -2.04. The highest BCUT2D eigenvalue weighted by atomic mass is 32.2. The van der Waals surface area contributed by atoms with Gasteiger partial charge in [-0.2, -0.15) is 0 Å². The van der Waals surface area contributed by atoms with E-state index in [-0.39, 0.29) is 11.0 Å². The smallest absolute Gasteiger partial charge is 0.159 e. The molecule has 17 heavy (non-hydrogen) atoms. The topological polar surface area (TPSA) is 47.3 Å². The molecule has 0 aliphatic rings. The van der Waals surface area contributed by atoms with Gasteiger partial charge in [0.15, 0.2) is 9.84 Å². The van der Waals surface area contributed by atoms with Gasteiger partial charge in [0, 0.05) is 5.39 Å². The second kappa shape index (κ2) is 4.18. The van der Waals surface area contributed by atoms with E-state index >= 15 is 0 Å². The van der Waals surface area contributed by atoms with E-state index in [0.29, 0.717) is 5.76 Å². The summed E-state index contributed by atoms with van der Waals surface area (Å²) in [5, 5.41) is 0.610. The van der Waals surface area contributed by atoms with Crippen LogP contribution in [0.1, 0.15) is 25.2 Å². The number of fused-ring (bicyclic) bond motifs is 1. The molecule has 92 valence electrons. The minimum Gasteiger partial charge on any atom is -0.460 e. The van der Waals surface area contributed by atoms with Crippen LogP contribution < -0.4 is 0 Å².